The van der Waals surface area contributed by atoms with Crippen molar-refractivity contribution in [3.05, 3.63) is 60.6 Å². The molecule has 1 aromatic carbocycles. The van der Waals surface area contributed by atoms with Crippen LogP contribution >= 0.6 is 25.8 Å². The average Bonchev–Trinajstić information content (AvgIpc) is 3.70. The number of aromatic nitrogens is 3. The van der Waals surface area contributed by atoms with Crippen molar-refractivity contribution in [1.29, 1.82) is 0 Å². The minimum Gasteiger partial charge on any atom is -0.464 e. The molecule has 1 N–H and O–H groups in total. The van der Waals surface area contributed by atoms with Gasteiger partial charge in [-0.3, -0.25) is 14.5 Å². The predicted molar refractivity (Wildman–Crippen MR) is 180 cm³/mol. The van der Waals surface area contributed by atoms with E-state index >= 15 is 0 Å². The molecule has 0 radical (unpaired) electrons. The van der Waals surface area contributed by atoms with Crippen molar-refractivity contribution in [2.75, 3.05) is 52.4 Å². The molecular weight excluding hydrogens is 618 g/mol. The summed E-state index contributed by atoms with van der Waals surface area (Å²) in [5.41, 5.74) is 3.21. The van der Waals surface area contributed by atoms with Crippen molar-refractivity contribution in [2.24, 2.45) is 0 Å². The highest BCUT2D eigenvalue weighted by atomic mass is 32.2. The summed E-state index contributed by atoms with van der Waals surface area (Å²) in [5, 5.41) is 8.11. The molecule has 0 saturated carbocycles. The number of nitrogens with one attached hydrogen (secondary N) is 1. The third kappa shape index (κ3) is 9.70. The van der Waals surface area contributed by atoms with E-state index in [9.17, 15) is 13.5 Å². The highest BCUT2D eigenvalue weighted by molar-refractivity contribution is 7.92. The predicted octanol–water partition coefficient (Wildman–Crippen LogP) is 5.11. The molecular formula is C31H42FN7O4S2. The lowest BCUT2D eigenvalue weighted by atomic mass is 10.1. The zero-order valence-electron chi connectivity index (χ0n) is 26.2. The molecule has 2 saturated heterocycles. The lowest BCUT2D eigenvalue weighted by molar-refractivity contribution is -0.131. The lowest BCUT2D eigenvalue weighted by Crippen LogP contribution is -2.47. The molecule has 11 nitrogen and oxygen atoms in total. The Labute approximate surface area is 275 Å². The second-order valence-corrected chi connectivity index (χ2v) is 10.6. The maximum absolute atomic E-state index is 12.9. The van der Waals surface area contributed by atoms with E-state index in [2.05, 4.69) is 20.3 Å². The first-order valence-corrected chi connectivity index (χ1v) is 15.5. The second-order valence-electron chi connectivity index (χ2n) is 10.1. The van der Waals surface area contributed by atoms with Gasteiger partial charge in [0.15, 0.2) is 12.3 Å². The molecule has 2 fully saturated rings. The van der Waals surface area contributed by atoms with Gasteiger partial charge in [-0.15, -0.1) is 3.89 Å². The van der Waals surface area contributed by atoms with Gasteiger partial charge in [-0.05, 0) is 24.3 Å². The van der Waals surface area contributed by atoms with Crippen molar-refractivity contribution in [3.63, 3.8) is 0 Å². The fraction of sp³-hybridized carbons (Fsp3) is 0.419. The van der Waals surface area contributed by atoms with Crippen molar-refractivity contribution in [1.82, 2.24) is 34.2 Å². The van der Waals surface area contributed by atoms with Gasteiger partial charge >= 0.3 is 0 Å². The molecule has 0 bridgehead atoms. The largest absolute Gasteiger partial charge is 0.464 e. The smallest absolute Gasteiger partial charge is 0.219 e. The molecule has 2 aliphatic rings. The summed E-state index contributed by atoms with van der Waals surface area (Å²) in [6.45, 7) is 14.8. The number of hydrogen-bond acceptors (Lipinski definition) is 9. The SMILES string of the molecule is CC.CC(=O)N1CCN(Cc2coc3cc(Oc4ccc(-c5ccnn5SF)cn4)ccc23)CC1.CC(=O)N1CCNCC1.S. The number of amides is 2. The van der Waals surface area contributed by atoms with E-state index < -0.39 is 0 Å². The van der Waals surface area contributed by atoms with E-state index in [1.165, 1.54) is 10.3 Å². The third-order valence-electron chi connectivity index (χ3n) is 7.33. The number of nitrogens with zero attached hydrogens (tertiary/aromatic N) is 6. The zero-order valence-corrected chi connectivity index (χ0v) is 28.0. The number of carbonyl (C=O) groups excluding carboxylic acids is 2. The van der Waals surface area contributed by atoms with E-state index in [1.54, 1.807) is 44.5 Å². The van der Waals surface area contributed by atoms with Gasteiger partial charge in [-0.2, -0.15) is 22.7 Å². The van der Waals surface area contributed by atoms with Gasteiger partial charge in [0.2, 0.25) is 17.7 Å². The van der Waals surface area contributed by atoms with Crippen molar-refractivity contribution < 1.29 is 22.6 Å². The molecule has 5 heterocycles. The highest BCUT2D eigenvalue weighted by Gasteiger charge is 2.20. The summed E-state index contributed by atoms with van der Waals surface area (Å²) in [6, 6.07) is 11.0. The second kappa shape index (κ2) is 17.8. The Kier molecular flexibility index (Phi) is 14.2. The van der Waals surface area contributed by atoms with E-state index in [4.69, 9.17) is 9.15 Å². The highest BCUT2D eigenvalue weighted by Crippen LogP contribution is 2.30. The van der Waals surface area contributed by atoms with Crippen molar-refractivity contribution in [3.8, 4) is 22.9 Å². The van der Waals surface area contributed by atoms with Crippen LogP contribution in [0.4, 0.5) is 3.89 Å². The Morgan fingerprint density at radius 1 is 0.978 bits per heavy atom. The summed E-state index contributed by atoms with van der Waals surface area (Å²) in [7, 11) is 0. The van der Waals surface area contributed by atoms with Crippen LogP contribution in [0.2, 0.25) is 0 Å². The fourth-order valence-electron chi connectivity index (χ4n) is 4.96. The number of fused-ring (bicyclic) bond motifs is 1. The molecule has 3 aromatic heterocycles. The molecule has 0 spiro atoms. The molecule has 0 aliphatic carbocycles. The molecule has 244 valence electrons. The van der Waals surface area contributed by atoms with Gasteiger partial charge in [-0.25, -0.2) is 4.98 Å². The maximum Gasteiger partial charge on any atom is 0.219 e. The number of furan rings is 1. The lowest BCUT2D eigenvalue weighted by Gasteiger charge is -2.33. The molecule has 2 amide bonds. The Balaban J connectivity index is 0.000000394. The van der Waals surface area contributed by atoms with Crippen molar-refractivity contribution in [2.45, 2.75) is 34.2 Å². The quantitative estimate of drug-likeness (QED) is 0.302. The minimum absolute atomic E-state index is 0. The number of carbonyl (C=O) groups is 2. The van der Waals surface area contributed by atoms with Crippen LogP contribution in [0.25, 0.3) is 22.2 Å². The molecule has 0 atom stereocenters. The number of benzene rings is 1. The first kappa shape index (κ1) is 35.9. The number of ether oxygens (including phenoxy) is 1. The number of pyridine rings is 1. The Morgan fingerprint density at radius 3 is 2.27 bits per heavy atom. The van der Waals surface area contributed by atoms with Crippen LogP contribution in [-0.2, 0) is 16.1 Å². The van der Waals surface area contributed by atoms with Crippen LogP contribution in [0, 0.1) is 0 Å². The molecule has 14 heteroatoms. The summed E-state index contributed by atoms with van der Waals surface area (Å²) >= 11 is 0.0363. The van der Waals surface area contributed by atoms with E-state index in [1.807, 2.05) is 41.8 Å². The fourth-order valence-corrected chi connectivity index (χ4v) is 5.29. The molecule has 6 rings (SSSR count). The topological polar surface area (TPSA) is 109 Å². The first-order chi connectivity index (χ1) is 21.4. The summed E-state index contributed by atoms with van der Waals surface area (Å²) in [5.74, 6) is 1.36. The summed E-state index contributed by atoms with van der Waals surface area (Å²) < 4.78 is 25.8. The van der Waals surface area contributed by atoms with E-state index in [-0.39, 0.29) is 37.6 Å². The minimum atomic E-state index is 0. The number of hydrogen-bond donors (Lipinski definition) is 1. The van der Waals surface area contributed by atoms with Gasteiger partial charge in [0.25, 0.3) is 0 Å². The molecule has 45 heavy (non-hydrogen) atoms. The van der Waals surface area contributed by atoms with Gasteiger partial charge < -0.3 is 24.3 Å². The van der Waals surface area contributed by atoms with Crippen molar-refractivity contribution >= 4 is 48.6 Å². The van der Waals surface area contributed by atoms with Crippen LogP contribution in [0.1, 0.15) is 33.3 Å². The Morgan fingerprint density at radius 2 is 1.67 bits per heavy atom. The normalized spacial score (nSPS) is 14.9. The maximum atomic E-state index is 12.9. The number of halogens is 1. The van der Waals surface area contributed by atoms with Crippen LogP contribution in [0.15, 0.2) is 59.5 Å². The summed E-state index contributed by atoms with van der Waals surface area (Å²) in [4.78, 5) is 32.6. The number of piperazine rings is 2. The van der Waals surface area contributed by atoms with Gasteiger partial charge in [0, 0.05) is 108 Å². The monoisotopic (exact) mass is 659 g/mol. The van der Waals surface area contributed by atoms with E-state index in [0.29, 0.717) is 17.3 Å². The third-order valence-corrected chi connectivity index (χ3v) is 7.75. The van der Waals surface area contributed by atoms with Gasteiger partial charge in [0.1, 0.15) is 11.3 Å². The number of rotatable bonds is 6. The molecule has 2 aliphatic heterocycles. The average molecular weight is 660 g/mol. The molecule has 4 aromatic rings. The standard InChI is InChI=1S/C23H22FN5O3S.C6H12N2O.C2H6.H2S/c1-16(30)28-10-8-27(9-11-28)14-18-15-31-22-12-19(3-4-20(18)22)32-23-5-2-17(13-25-23)21-6-7-26-29(21)33-24;1-6(9)8-4-2-7-3-5-8;1-2;/h2-7,12-13,15H,8-11,14H2,1H3;7H,2-5H2,1H3;1-2H3;1H2. The van der Waals surface area contributed by atoms with E-state index in [0.717, 1.165) is 81.0 Å². The van der Waals surface area contributed by atoms with Crippen LogP contribution in [-0.4, -0.2) is 93.0 Å². The Bertz CT molecular complexity index is 1500. The van der Waals surface area contributed by atoms with Crippen LogP contribution < -0.4 is 10.1 Å². The van der Waals surface area contributed by atoms with Gasteiger partial charge in [-0.1, -0.05) is 13.8 Å². The van der Waals surface area contributed by atoms with Crippen LogP contribution in [0.3, 0.4) is 0 Å². The summed E-state index contributed by atoms with van der Waals surface area (Å²) in [6.07, 6.45) is 4.94. The Hall–Kier alpha value is -3.59. The van der Waals surface area contributed by atoms with Crippen LogP contribution in [0.5, 0.6) is 11.6 Å². The van der Waals surface area contributed by atoms with Gasteiger partial charge in [0.05, 0.1) is 18.2 Å². The first-order valence-electron chi connectivity index (χ1n) is 14.8. The molecule has 0 unspecified atom stereocenters. The zero-order chi connectivity index (χ0) is 31.5.